The summed E-state index contributed by atoms with van der Waals surface area (Å²) in [7, 11) is 2.14. The van der Waals surface area contributed by atoms with E-state index in [9.17, 15) is 13.6 Å². The van der Waals surface area contributed by atoms with E-state index in [0.29, 0.717) is 17.6 Å². The number of aromatic nitrogens is 2. The van der Waals surface area contributed by atoms with Gasteiger partial charge in [0.1, 0.15) is 17.3 Å². The molecule has 2 aromatic heterocycles. The van der Waals surface area contributed by atoms with Crippen LogP contribution in [0.3, 0.4) is 0 Å². The quantitative estimate of drug-likeness (QED) is 0.252. The van der Waals surface area contributed by atoms with Gasteiger partial charge < -0.3 is 19.7 Å². The summed E-state index contributed by atoms with van der Waals surface area (Å²) in [6.45, 7) is 7.00. The maximum absolute atomic E-state index is 14.3. The lowest BCUT2D eigenvalue weighted by Gasteiger charge is -2.32. The van der Waals surface area contributed by atoms with Crippen LogP contribution in [0.2, 0.25) is 0 Å². The van der Waals surface area contributed by atoms with Crippen LogP contribution in [0.4, 0.5) is 8.78 Å². The van der Waals surface area contributed by atoms with E-state index < -0.39 is 17.5 Å². The van der Waals surface area contributed by atoms with Crippen LogP contribution >= 0.6 is 0 Å². The highest BCUT2D eigenvalue weighted by molar-refractivity contribution is 5.96. The number of nitrogens with one attached hydrogen (secondary N) is 2. The predicted octanol–water partition coefficient (Wildman–Crippen LogP) is 2.21. The van der Waals surface area contributed by atoms with E-state index in [1.54, 1.807) is 11.5 Å². The third kappa shape index (κ3) is 5.76. The Balaban J connectivity index is 1.47. The van der Waals surface area contributed by atoms with Crippen molar-refractivity contribution in [1.82, 2.24) is 30.1 Å². The minimum absolute atomic E-state index is 0.0806. The highest BCUT2D eigenvalue weighted by Crippen LogP contribution is 2.24. The molecule has 4 rings (SSSR count). The van der Waals surface area contributed by atoms with E-state index in [1.165, 1.54) is 18.3 Å². The van der Waals surface area contributed by atoms with Crippen LogP contribution < -0.4 is 10.8 Å². The summed E-state index contributed by atoms with van der Waals surface area (Å²) < 4.78 is 29.4. The number of benzene rings is 1. The van der Waals surface area contributed by atoms with Crippen LogP contribution in [-0.2, 0) is 13.1 Å². The van der Waals surface area contributed by atoms with Gasteiger partial charge in [-0.3, -0.25) is 10.0 Å². The molecule has 34 heavy (non-hydrogen) atoms. The zero-order chi connectivity index (χ0) is 24.1. The van der Waals surface area contributed by atoms with Gasteiger partial charge in [0.15, 0.2) is 0 Å². The van der Waals surface area contributed by atoms with Gasteiger partial charge in [0.05, 0.1) is 18.3 Å². The molecule has 0 atom stereocenters. The molecule has 0 bridgehead atoms. The van der Waals surface area contributed by atoms with Crippen molar-refractivity contribution in [3.8, 4) is 0 Å². The van der Waals surface area contributed by atoms with Gasteiger partial charge >= 0.3 is 0 Å². The van der Waals surface area contributed by atoms with Crippen LogP contribution in [0.5, 0.6) is 0 Å². The first-order valence-electron chi connectivity index (χ1n) is 11.4. The molecule has 1 fully saturated rings. The molecule has 1 aromatic carbocycles. The second kappa shape index (κ2) is 11.0. The Hall–Kier alpha value is -2.92. The number of carbonyl (C=O) groups excluding carboxylic acids is 1. The van der Waals surface area contributed by atoms with Gasteiger partial charge in [-0.15, -0.1) is 0 Å². The number of fused-ring (bicyclic) bond motifs is 1. The third-order valence-electron chi connectivity index (χ3n) is 6.28. The zero-order valence-corrected chi connectivity index (χ0v) is 19.2. The van der Waals surface area contributed by atoms with E-state index in [2.05, 4.69) is 27.1 Å². The first-order valence-corrected chi connectivity index (χ1v) is 11.4. The van der Waals surface area contributed by atoms with Crippen molar-refractivity contribution >= 4 is 16.8 Å². The van der Waals surface area contributed by atoms with Crippen molar-refractivity contribution in [2.24, 2.45) is 0 Å². The molecule has 3 aromatic rings. The molecule has 0 radical (unpaired) electrons. The summed E-state index contributed by atoms with van der Waals surface area (Å²) in [6, 6.07) is 5.13. The first kappa shape index (κ1) is 24.2. The molecule has 1 aliphatic heterocycles. The SMILES string of the molecule is CN1CCN(CCCNCc2cn(Cc3ccc(F)cc3F)c3cnc(C(=O)NO)cc23)CC1. The number of hydrogen-bond acceptors (Lipinski definition) is 6. The summed E-state index contributed by atoms with van der Waals surface area (Å²) in [6.07, 6.45) is 4.43. The molecule has 3 heterocycles. The van der Waals surface area contributed by atoms with E-state index >= 15 is 0 Å². The lowest BCUT2D eigenvalue weighted by molar-refractivity contribution is 0.0701. The molecule has 1 aliphatic rings. The molecule has 3 N–H and O–H groups in total. The van der Waals surface area contributed by atoms with Gasteiger partial charge in [0, 0.05) is 55.9 Å². The largest absolute Gasteiger partial charge is 0.341 e. The number of rotatable bonds is 9. The topological polar surface area (TPSA) is 85.7 Å². The predicted molar refractivity (Wildman–Crippen MR) is 125 cm³/mol. The van der Waals surface area contributed by atoms with Gasteiger partial charge in [-0.1, -0.05) is 6.07 Å². The van der Waals surface area contributed by atoms with Crippen LogP contribution in [0.1, 0.15) is 28.0 Å². The number of amides is 1. The molecule has 1 amide bonds. The summed E-state index contributed by atoms with van der Waals surface area (Å²) in [5.74, 6) is -1.94. The average molecular weight is 473 g/mol. The molecule has 10 heteroatoms. The number of likely N-dealkylation sites (N-methyl/N-ethyl adjacent to an activating group) is 1. The maximum atomic E-state index is 14.3. The molecular weight excluding hydrogens is 442 g/mol. The van der Waals surface area contributed by atoms with E-state index in [4.69, 9.17) is 5.21 Å². The van der Waals surface area contributed by atoms with Crippen molar-refractivity contribution < 1.29 is 18.8 Å². The number of halogens is 2. The maximum Gasteiger partial charge on any atom is 0.293 e. The van der Waals surface area contributed by atoms with Crippen molar-refractivity contribution in [2.75, 3.05) is 46.3 Å². The number of hydrogen-bond donors (Lipinski definition) is 3. The van der Waals surface area contributed by atoms with Gasteiger partial charge in [-0.05, 0) is 44.3 Å². The Morgan fingerprint density at radius 1 is 1.15 bits per heavy atom. The van der Waals surface area contributed by atoms with Gasteiger partial charge in [0.2, 0.25) is 0 Å². The fourth-order valence-electron chi connectivity index (χ4n) is 4.27. The number of nitrogens with zero attached hydrogens (tertiary/aromatic N) is 4. The number of carbonyl (C=O) groups is 1. The lowest BCUT2D eigenvalue weighted by atomic mass is 10.1. The Morgan fingerprint density at radius 3 is 2.68 bits per heavy atom. The molecule has 1 saturated heterocycles. The summed E-state index contributed by atoms with van der Waals surface area (Å²) in [5.41, 5.74) is 3.67. The summed E-state index contributed by atoms with van der Waals surface area (Å²) >= 11 is 0. The third-order valence-corrected chi connectivity index (χ3v) is 6.28. The number of pyridine rings is 1. The highest BCUT2D eigenvalue weighted by Gasteiger charge is 2.16. The van der Waals surface area contributed by atoms with E-state index in [-0.39, 0.29) is 12.2 Å². The Labute approximate surface area is 197 Å². The van der Waals surface area contributed by atoms with E-state index in [1.807, 2.05) is 10.8 Å². The Kier molecular flexibility index (Phi) is 7.84. The highest BCUT2D eigenvalue weighted by atomic mass is 19.1. The van der Waals surface area contributed by atoms with Crippen LogP contribution in [0.15, 0.2) is 36.7 Å². The second-order valence-electron chi connectivity index (χ2n) is 8.72. The Morgan fingerprint density at radius 2 is 1.94 bits per heavy atom. The molecule has 0 aliphatic carbocycles. The van der Waals surface area contributed by atoms with Crippen molar-refractivity contribution in [3.63, 3.8) is 0 Å². The molecule has 8 nitrogen and oxygen atoms in total. The second-order valence-corrected chi connectivity index (χ2v) is 8.72. The average Bonchev–Trinajstić information content (AvgIpc) is 3.18. The minimum Gasteiger partial charge on any atom is -0.341 e. The normalized spacial score (nSPS) is 15.2. The number of piperazine rings is 1. The van der Waals surface area contributed by atoms with Crippen molar-refractivity contribution in [3.05, 3.63) is 65.1 Å². The van der Waals surface area contributed by atoms with Gasteiger partial charge in [-0.2, -0.15) is 0 Å². The zero-order valence-electron chi connectivity index (χ0n) is 19.2. The molecule has 182 valence electrons. The van der Waals surface area contributed by atoms with Gasteiger partial charge in [0.25, 0.3) is 5.91 Å². The number of hydroxylamine groups is 1. The molecule has 0 unspecified atom stereocenters. The van der Waals surface area contributed by atoms with Crippen LogP contribution in [0.25, 0.3) is 10.9 Å². The van der Waals surface area contributed by atoms with Crippen molar-refractivity contribution in [1.29, 1.82) is 0 Å². The van der Waals surface area contributed by atoms with Crippen LogP contribution in [0, 0.1) is 11.6 Å². The smallest absolute Gasteiger partial charge is 0.293 e. The first-order chi connectivity index (χ1) is 16.4. The minimum atomic E-state index is -0.703. The standard InChI is InChI=1S/C24H30F2N6O2/c1-30-7-9-31(10-8-30)6-2-5-27-13-18-16-32(15-17-3-4-19(25)11-21(17)26)23-14-28-22(12-20(18)23)24(33)29-34/h3-4,11-12,14,16,27,34H,2,5-10,13,15H2,1H3,(H,29,33). The fourth-order valence-corrected chi connectivity index (χ4v) is 4.27. The van der Waals surface area contributed by atoms with Crippen molar-refractivity contribution in [2.45, 2.75) is 19.5 Å². The molecule has 0 spiro atoms. The van der Waals surface area contributed by atoms with Crippen LogP contribution in [-0.4, -0.2) is 76.8 Å². The molecule has 0 saturated carbocycles. The molecular formula is C24H30F2N6O2. The monoisotopic (exact) mass is 472 g/mol. The lowest BCUT2D eigenvalue weighted by Crippen LogP contribution is -2.45. The Bertz CT molecular complexity index is 1140. The van der Waals surface area contributed by atoms with E-state index in [0.717, 1.165) is 62.7 Å². The van der Waals surface area contributed by atoms with Gasteiger partial charge in [-0.25, -0.2) is 19.2 Å². The summed E-state index contributed by atoms with van der Waals surface area (Å²) in [5, 5.41) is 13.2. The fraction of sp³-hybridized carbons (Fsp3) is 0.417. The summed E-state index contributed by atoms with van der Waals surface area (Å²) in [4.78, 5) is 20.8.